The maximum Gasteiger partial charge on any atom is 0.0705 e. The molecule has 0 radical (unpaired) electrons. The SMILES string of the molecule is CCCC(N)CCc1ccc2nc(C)ccc2c1. The molecule has 0 amide bonds. The Labute approximate surface area is 109 Å². The highest BCUT2D eigenvalue weighted by atomic mass is 14.7. The minimum atomic E-state index is 0.335. The van der Waals surface area contributed by atoms with Crippen LogP contribution in [0.15, 0.2) is 30.3 Å². The van der Waals surface area contributed by atoms with Crippen LogP contribution in [-0.2, 0) is 6.42 Å². The third-order valence-corrected chi connectivity index (χ3v) is 3.36. The third-order valence-electron chi connectivity index (χ3n) is 3.36. The number of aryl methyl sites for hydroxylation is 2. The second-order valence-electron chi connectivity index (χ2n) is 5.07. The average Bonchev–Trinajstić information content (AvgIpc) is 2.36. The van der Waals surface area contributed by atoms with Gasteiger partial charge in [-0.25, -0.2) is 0 Å². The van der Waals surface area contributed by atoms with Crippen molar-refractivity contribution in [1.82, 2.24) is 4.98 Å². The van der Waals surface area contributed by atoms with Gasteiger partial charge in [0, 0.05) is 17.1 Å². The molecule has 0 aliphatic carbocycles. The molecule has 1 heterocycles. The van der Waals surface area contributed by atoms with E-state index in [9.17, 15) is 0 Å². The molecule has 0 saturated heterocycles. The molecule has 96 valence electrons. The van der Waals surface area contributed by atoms with Crippen molar-refractivity contribution in [2.75, 3.05) is 0 Å². The van der Waals surface area contributed by atoms with Gasteiger partial charge in [0.25, 0.3) is 0 Å². The first-order chi connectivity index (χ1) is 8.69. The summed E-state index contributed by atoms with van der Waals surface area (Å²) in [5, 5.41) is 1.22. The van der Waals surface area contributed by atoms with E-state index in [0.29, 0.717) is 6.04 Å². The molecule has 0 spiro atoms. The normalized spacial score (nSPS) is 12.8. The lowest BCUT2D eigenvalue weighted by atomic mass is 10.0. The van der Waals surface area contributed by atoms with Crippen molar-refractivity contribution in [3.8, 4) is 0 Å². The van der Waals surface area contributed by atoms with Crippen molar-refractivity contribution < 1.29 is 0 Å². The fourth-order valence-corrected chi connectivity index (χ4v) is 2.30. The first-order valence-electron chi connectivity index (χ1n) is 6.81. The van der Waals surface area contributed by atoms with Gasteiger partial charge in [-0.15, -0.1) is 0 Å². The highest BCUT2D eigenvalue weighted by Gasteiger charge is 2.03. The molecule has 18 heavy (non-hydrogen) atoms. The van der Waals surface area contributed by atoms with Gasteiger partial charge in [0.1, 0.15) is 0 Å². The summed E-state index contributed by atoms with van der Waals surface area (Å²) in [6.07, 6.45) is 4.42. The number of rotatable bonds is 5. The van der Waals surface area contributed by atoms with Crippen LogP contribution in [0.2, 0.25) is 0 Å². The lowest BCUT2D eigenvalue weighted by Gasteiger charge is -2.10. The highest BCUT2D eigenvalue weighted by Crippen LogP contribution is 2.16. The van der Waals surface area contributed by atoms with Crippen molar-refractivity contribution in [3.05, 3.63) is 41.6 Å². The molecule has 2 heteroatoms. The number of fused-ring (bicyclic) bond motifs is 1. The van der Waals surface area contributed by atoms with E-state index in [0.717, 1.165) is 30.5 Å². The summed E-state index contributed by atoms with van der Waals surface area (Å²) < 4.78 is 0. The second-order valence-corrected chi connectivity index (χ2v) is 5.07. The first-order valence-corrected chi connectivity index (χ1v) is 6.81. The van der Waals surface area contributed by atoms with Crippen LogP contribution >= 0.6 is 0 Å². The molecule has 0 fully saturated rings. The van der Waals surface area contributed by atoms with Crippen LogP contribution < -0.4 is 5.73 Å². The van der Waals surface area contributed by atoms with E-state index in [1.807, 2.05) is 6.92 Å². The molecular formula is C16H22N2. The van der Waals surface area contributed by atoms with Gasteiger partial charge in [-0.05, 0) is 49.9 Å². The molecule has 0 bridgehead atoms. The Morgan fingerprint density at radius 2 is 2.00 bits per heavy atom. The molecule has 2 aromatic rings. The van der Waals surface area contributed by atoms with Gasteiger partial charge in [-0.3, -0.25) is 4.98 Å². The van der Waals surface area contributed by atoms with Crippen LogP contribution in [0.3, 0.4) is 0 Å². The summed E-state index contributed by atoms with van der Waals surface area (Å²) in [7, 11) is 0. The largest absolute Gasteiger partial charge is 0.328 e. The molecule has 2 rings (SSSR count). The minimum absolute atomic E-state index is 0.335. The summed E-state index contributed by atoms with van der Waals surface area (Å²) >= 11 is 0. The van der Waals surface area contributed by atoms with Gasteiger partial charge in [-0.2, -0.15) is 0 Å². The molecule has 0 aliphatic heterocycles. The summed E-state index contributed by atoms with van der Waals surface area (Å²) in [5.74, 6) is 0. The van der Waals surface area contributed by atoms with Gasteiger partial charge in [0.15, 0.2) is 0 Å². The molecule has 1 atom stereocenters. The number of hydrogen-bond acceptors (Lipinski definition) is 2. The predicted molar refractivity (Wildman–Crippen MR) is 77.7 cm³/mol. The molecule has 0 saturated carbocycles. The zero-order valence-corrected chi connectivity index (χ0v) is 11.3. The Bertz CT molecular complexity index is 519. The zero-order chi connectivity index (χ0) is 13.0. The number of aromatic nitrogens is 1. The summed E-state index contributed by atoms with van der Waals surface area (Å²) in [6.45, 7) is 4.21. The van der Waals surface area contributed by atoms with E-state index in [-0.39, 0.29) is 0 Å². The van der Waals surface area contributed by atoms with Crippen LogP contribution in [0.25, 0.3) is 10.9 Å². The smallest absolute Gasteiger partial charge is 0.0705 e. The van der Waals surface area contributed by atoms with Crippen molar-refractivity contribution >= 4 is 10.9 Å². The van der Waals surface area contributed by atoms with Gasteiger partial charge >= 0.3 is 0 Å². The van der Waals surface area contributed by atoms with Crippen molar-refractivity contribution in [2.24, 2.45) is 5.73 Å². The highest BCUT2D eigenvalue weighted by molar-refractivity contribution is 5.79. The number of nitrogens with zero attached hydrogens (tertiary/aromatic N) is 1. The number of nitrogens with two attached hydrogens (primary N) is 1. The van der Waals surface area contributed by atoms with E-state index >= 15 is 0 Å². The summed E-state index contributed by atoms with van der Waals surface area (Å²) in [4.78, 5) is 4.52. The van der Waals surface area contributed by atoms with E-state index in [1.54, 1.807) is 0 Å². The van der Waals surface area contributed by atoms with E-state index in [1.165, 1.54) is 17.4 Å². The maximum atomic E-state index is 6.05. The second kappa shape index (κ2) is 5.96. The molecule has 1 unspecified atom stereocenters. The van der Waals surface area contributed by atoms with E-state index < -0.39 is 0 Å². The van der Waals surface area contributed by atoms with Crippen LogP contribution in [0, 0.1) is 6.92 Å². The van der Waals surface area contributed by atoms with Crippen LogP contribution in [0.4, 0.5) is 0 Å². The Hall–Kier alpha value is -1.41. The van der Waals surface area contributed by atoms with Crippen molar-refractivity contribution in [3.63, 3.8) is 0 Å². The van der Waals surface area contributed by atoms with E-state index in [2.05, 4.69) is 42.2 Å². The standard InChI is InChI=1S/C16H22N2/c1-3-4-15(17)9-6-13-7-10-16-14(11-13)8-5-12(2)18-16/h5,7-8,10-11,15H,3-4,6,9,17H2,1-2H3. The summed E-state index contributed by atoms with van der Waals surface area (Å²) in [5.41, 5.74) is 9.56. The number of hydrogen-bond donors (Lipinski definition) is 1. The number of pyridine rings is 1. The van der Waals surface area contributed by atoms with Gasteiger partial charge in [-0.1, -0.05) is 25.5 Å². The van der Waals surface area contributed by atoms with E-state index in [4.69, 9.17) is 5.73 Å². The molecule has 2 N–H and O–H groups in total. The quantitative estimate of drug-likeness (QED) is 0.870. The lowest BCUT2D eigenvalue weighted by Crippen LogP contribution is -2.20. The predicted octanol–water partition coefficient (Wildman–Crippen LogP) is 3.60. The Morgan fingerprint density at radius 3 is 2.78 bits per heavy atom. The topological polar surface area (TPSA) is 38.9 Å². The number of benzene rings is 1. The zero-order valence-electron chi connectivity index (χ0n) is 11.3. The van der Waals surface area contributed by atoms with Crippen molar-refractivity contribution in [2.45, 2.75) is 45.6 Å². The van der Waals surface area contributed by atoms with Crippen LogP contribution in [0.5, 0.6) is 0 Å². The molecule has 1 aromatic carbocycles. The average molecular weight is 242 g/mol. The fraction of sp³-hybridized carbons (Fsp3) is 0.438. The fourth-order valence-electron chi connectivity index (χ4n) is 2.30. The monoisotopic (exact) mass is 242 g/mol. The third kappa shape index (κ3) is 3.30. The Kier molecular flexibility index (Phi) is 4.32. The maximum absolute atomic E-state index is 6.05. The van der Waals surface area contributed by atoms with Crippen LogP contribution in [0.1, 0.15) is 37.4 Å². The Morgan fingerprint density at radius 1 is 1.17 bits per heavy atom. The molecule has 1 aromatic heterocycles. The molecule has 0 aliphatic rings. The van der Waals surface area contributed by atoms with Crippen molar-refractivity contribution in [1.29, 1.82) is 0 Å². The Balaban J connectivity index is 2.08. The van der Waals surface area contributed by atoms with Gasteiger partial charge < -0.3 is 5.73 Å². The van der Waals surface area contributed by atoms with Crippen LogP contribution in [-0.4, -0.2) is 11.0 Å². The van der Waals surface area contributed by atoms with Gasteiger partial charge in [0.2, 0.25) is 0 Å². The lowest BCUT2D eigenvalue weighted by molar-refractivity contribution is 0.561. The van der Waals surface area contributed by atoms with Gasteiger partial charge in [0.05, 0.1) is 5.52 Å². The molecule has 2 nitrogen and oxygen atoms in total. The summed E-state index contributed by atoms with van der Waals surface area (Å²) in [6, 6.07) is 11.1. The molecular weight excluding hydrogens is 220 g/mol. The first kappa shape index (κ1) is 13.0. The minimum Gasteiger partial charge on any atom is -0.328 e.